The Morgan fingerprint density at radius 1 is 0.898 bits per heavy atom. The van der Waals surface area contributed by atoms with Crippen LogP contribution in [0.4, 0.5) is 51.1 Å². The molecule has 1 fully saturated rings. The Morgan fingerprint density at radius 3 is 2.02 bits per heavy atom. The second kappa shape index (κ2) is 13.8. The zero-order chi connectivity index (χ0) is 35.9. The monoisotopic (exact) mass is 706 g/mol. The zero-order valence-electron chi connectivity index (χ0n) is 26.6. The van der Waals surface area contributed by atoms with Gasteiger partial charge < -0.3 is 14.9 Å². The van der Waals surface area contributed by atoms with Gasteiger partial charge in [0, 0.05) is 30.8 Å². The lowest BCUT2D eigenvalue weighted by Gasteiger charge is -2.46. The zero-order valence-corrected chi connectivity index (χ0v) is 26.6. The van der Waals surface area contributed by atoms with Crippen molar-refractivity contribution in [3.8, 4) is 0 Å². The normalized spacial score (nSPS) is 21.8. The van der Waals surface area contributed by atoms with Crippen molar-refractivity contribution in [2.75, 3.05) is 16.4 Å². The predicted octanol–water partition coefficient (Wildman–Crippen LogP) is 7.72. The Bertz CT molecular complexity index is 1600. The largest absolute Gasteiger partial charge is 0.416 e. The summed E-state index contributed by atoms with van der Waals surface area (Å²) in [7, 11) is 1.38. The van der Waals surface area contributed by atoms with E-state index in [0.717, 1.165) is 16.9 Å². The lowest BCUT2D eigenvalue weighted by Crippen LogP contribution is -2.50. The lowest BCUT2D eigenvalue weighted by molar-refractivity contribution is -0.143. The predicted molar refractivity (Wildman–Crippen MR) is 159 cm³/mol. The molecule has 0 bridgehead atoms. The number of amides is 1. The number of fused-ring (bicyclic) bond motifs is 1. The molecule has 1 aliphatic carbocycles. The van der Waals surface area contributed by atoms with E-state index in [1.54, 1.807) is 6.92 Å². The van der Waals surface area contributed by atoms with Gasteiger partial charge >= 0.3 is 18.5 Å². The molecule has 3 aromatic rings. The number of aromatic nitrogens is 4. The number of halogens is 9. The smallest absolute Gasteiger partial charge is 0.396 e. The summed E-state index contributed by atoms with van der Waals surface area (Å²) in [5, 5.41) is 21.1. The maximum absolute atomic E-state index is 14.1. The first kappa shape index (κ1) is 36.4. The summed E-state index contributed by atoms with van der Waals surface area (Å²) in [4.78, 5) is 17.9. The van der Waals surface area contributed by atoms with Gasteiger partial charge in [-0.2, -0.15) is 44.3 Å². The Labute approximate surface area is 275 Å². The van der Waals surface area contributed by atoms with E-state index >= 15 is 0 Å². The van der Waals surface area contributed by atoms with Gasteiger partial charge in [0.1, 0.15) is 0 Å². The van der Waals surface area contributed by atoms with Crippen molar-refractivity contribution in [3.63, 3.8) is 0 Å². The van der Waals surface area contributed by atoms with E-state index in [1.807, 2.05) is 0 Å². The topological polar surface area (TPSA) is 87.4 Å². The number of aliphatic hydroxyl groups excluding tert-OH is 1. The molecule has 1 aromatic heterocycles. The van der Waals surface area contributed by atoms with E-state index in [4.69, 9.17) is 0 Å². The summed E-state index contributed by atoms with van der Waals surface area (Å²) < 4.78 is 125. The van der Waals surface area contributed by atoms with Crippen LogP contribution in [0.5, 0.6) is 0 Å². The highest BCUT2D eigenvalue weighted by Crippen LogP contribution is 2.47. The van der Waals surface area contributed by atoms with E-state index in [9.17, 15) is 49.4 Å². The number of carbonyl (C=O) groups is 1. The van der Waals surface area contributed by atoms with Gasteiger partial charge in [-0.1, -0.05) is 12.0 Å². The number of tetrazole rings is 1. The maximum Gasteiger partial charge on any atom is 0.416 e. The van der Waals surface area contributed by atoms with Crippen LogP contribution in [-0.4, -0.2) is 43.9 Å². The summed E-state index contributed by atoms with van der Waals surface area (Å²) in [6, 6.07) is 2.29. The molecule has 1 amide bonds. The van der Waals surface area contributed by atoms with Crippen molar-refractivity contribution >= 4 is 17.5 Å². The van der Waals surface area contributed by atoms with E-state index in [1.165, 1.54) is 22.9 Å². The molecule has 49 heavy (non-hydrogen) atoms. The van der Waals surface area contributed by atoms with Crippen molar-refractivity contribution in [3.05, 3.63) is 64.2 Å². The van der Waals surface area contributed by atoms with Gasteiger partial charge in [-0.15, -0.1) is 5.10 Å². The molecule has 1 N–H and O–H groups in total. The fourth-order valence-corrected chi connectivity index (χ4v) is 6.94. The Morgan fingerprint density at radius 2 is 1.51 bits per heavy atom. The van der Waals surface area contributed by atoms with Crippen molar-refractivity contribution in [2.24, 2.45) is 18.9 Å². The standard InChI is InChI=1S/C32H35F9N6O2/c1-3-24-16-27(46(29-42-44-45(2)43-29)17-19-12-22(31(36,37)38)14-23(13-19)32(39,40)41)25-15-21(30(33,34)35)8-9-26(25)47(24)28(49)20-6-4-18(5-7-20)10-11-48/h8-9,12-15,18,20,24,27,48H,3-7,10-11,16-17H2,1-2H3/t18?,20?,24-,27+/m1/s1. The van der Waals surface area contributed by atoms with E-state index in [-0.39, 0.29) is 48.1 Å². The Kier molecular flexibility index (Phi) is 10.2. The highest BCUT2D eigenvalue weighted by molar-refractivity contribution is 5.97. The summed E-state index contributed by atoms with van der Waals surface area (Å²) in [6.07, 6.45) is -11.7. The van der Waals surface area contributed by atoms with Gasteiger partial charge in [0.05, 0.1) is 29.8 Å². The quantitative estimate of drug-likeness (QED) is 0.242. The van der Waals surface area contributed by atoms with Gasteiger partial charge in [0.25, 0.3) is 5.95 Å². The van der Waals surface area contributed by atoms with Crippen molar-refractivity contribution < 1.29 is 49.4 Å². The SMILES string of the molecule is CC[C@@H]1C[C@H](N(Cc2cc(C(F)(F)F)cc(C(F)(F)F)c2)c2nnn(C)n2)c2cc(C(F)(F)F)ccc2N1C(=O)C1CCC(CCO)CC1. The van der Waals surface area contributed by atoms with Crippen LogP contribution in [0.3, 0.4) is 0 Å². The number of aliphatic hydroxyl groups is 1. The number of aryl methyl sites for hydroxylation is 1. The number of hydrogen-bond acceptors (Lipinski definition) is 6. The van der Waals surface area contributed by atoms with Gasteiger partial charge in [-0.25, -0.2) is 0 Å². The third kappa shape index (κ3) is 7.96. The molecule has 17 heteroatoms. The molecule has 268 valence electrons. The fraction of sp³-hybridized carbons (Fsp3) is 0.562. The summed E-state index contributed by atoms with van der Waals surface area (Å²) in [5.74, 6) is -0.672. The van der Waals surface area contributed by atoms with Crippen LogP contribution in [-0.2, 0) is 36.9 Å². The molecular weight excluding hydrogens is 671 g/mol. The van der Waals surface area contributed by atoms with Crippen LogP contribution in [0.2, 0.25) is 0 Å². The maximum atomic E-state index is 14.1. The molecule has 2 heterocycles. The van der Waals surface area contributed by atoms with E-state index < -0.39 is 65.3 Å². The van der Waals surface area contributed by atoms with Crippen molar-refractivity contribution in [1.29, 1.82) is 0 Å². The molecular formula is C32H35F9N6O2. The first-order chi connectivity index (χ1) is 22.9. The molecule has 1 saturated carbocycles. The minimum Gasteiger partial charge on any atom is -0.396 e. The molecule has 0 spiro atoms. The number of rotatable bonds is 8. The summed E-state index contributed by atoms with van der Waals surface area (Å²) in [6.45, 7) is 1.15. The van der Waals surface area contributed by atoms with Crippen LogP contribution in [0, 0.1) is 11.8 Å². The number of alkyl halides is 9. The van der Waals surface area contributed by atoms with Crippen LogP contribution in [0.1, 0.15) is 85.7 Å². The lowest BCUT2D eigenvalue weighted by atomic mass is 9.79. The third-order valence-electron chi connectivity index (χ3n) is 9.41. The Balaban J connectivity index is 1.63. The first-order valence-electron chi connectivity index (χ1n) is 15.8. The second-order valence-corrected chi connectivity index (χ2v) is 12.6. The van der Waals surface area contributed by atoms with Crippen molar-refractivity contribution in [1.82, 2.24) is 20.2 Å². The molecule has 1 aliphatic heterocycles. The molecule has 2 aromatic carbocycles. The number of benzene rings is 2. The van der Waals surface area contributed by atoms with Gasteiger partial charge in [-0.05, 0) is 104 Å². The fourth-order valence-electron chi connectivity index (χ4n) is 6.94. The molecule has 0 radical (unpaired) electrons. The summed E-state index contributed by atoms with van der Waals surface area (Å²) in [5.41, 5.74) is -4.43. The number of hydrogen-bond donors (Lipinski definition) is 1. The highest BCUT2D eigenvalue weighted by Gasteiger charge is 2.44. The van der Waals surface area contributed by atoms with Crippen molar-refractivity contribution in [2.45, 2.75) is 89.0 Å². The van der Waals surface area contributed by atoms with Crippen LogP contribution in [0.25, 0.3) is 0 Å². The average molecular weight is 707 g/mol. The van der Waals surface area contributed by atoms with E-state index in [0.29, 0.717) is 50.7 Å². The van der Waals surface area contributed by atoms with Gasteiger partial charge in [0.15, 0.2) is 0 Å². The average Bonchev–Trinajstić information content (AvgIpc) is 3.47. The summed E-state index contributed by atoms with van der Waals surface area (Å²) >= 11 is 0. The van der Waals surface area contributed by atoms with E-state index in [2.05, 4.69) is 15.4 Å². The molecule has 8 nitrogen and oxygen atoms in total. The van der Waals surface area contributed by atoms with Crippen LogP contribution >= 0.6 is 0 Å². The number of carbonyl (C=O) groups excluding carboxylic acids is 1. The van der Waals surface area contributed by atoms with Crippen LogP contribution < -0.4 is 9.80 Å². The number of nitrogens with zero attached hydrogens (tertiary/aromatic N) is 6. The first-order valence-corrected chi connectivity index (χ1v) is 15.8. The molecule has 2 atom stereocenters. The van der Waals surface area contributed by atoms with Gasteiger partial charge in [0.2, 0.25) is 5.91 Å². The molecule has 0 saturated heterocycles. The second-order valence-electron chi connectivity index (χ2n) is 12.6. The highest BCUT2D eigenvalue weighted by atomic mass is 19.4. The number of anilines is 2. The minimum absolute atomic E-state index is 0.00249. The van der Waals surface area contributed by atoms with Crippen LogP contribution in [0.15, 0.2) is 36.4 Å². The van der Waals surface area contributed by atoms with Gasteiger partial charge in [-0.3, -0.25) is 4.79 Å². The third-order valence-corrected chi connectivity index (χ3v) is 9.41. The minimum atomic E-state index is -5.13. The molecule has 5 rings (SSSR count). The molecule has 2 aliphatic rings. The molecule has 0 unspecified atom stereocenters. The Hall–Kier alpha value is -3.89.